The number of nitrogens with zero attached hydrogens (tertiary/aromatic N) is 2. The molecule has 1 aliphatic carbocycles. The molecule has 1 aromatic rings. The van der Waals surface area contributed by atoms with Gasteiger partial charge in [-0.05, 0) is 36.6 Å². The van der Waals surface area contributed by atoms with Crippen LogP contribution in [0.1, 0.15) is 48.7 Å². The van der Waals surface area contributed by atoms with Gasteiger partial charge in [-0.1, -0.05) is 25.8 Å². The van der Waals surface area contributed by atoms with E-state index in [0.717, 1.165) is 43.8 Å². The van der Waals surface area contributed by atoms with Crippen molar-refractivity contribution >= 4 is 23.2 Å². The van der Waals surface area contributed by atoms with Gasteiger partial charge >= 0.3 is 0 Å². The summed E-state index contributed by atoms with van der Waals surface area (Å²) in [6.07, 6.45) is 5.74. The number of carbonyl (C=O) groups excluding carboxylic acids is 2. The van der Waals surface area contributed by atoms with E-state index >= 15 is 0 Å². The maximum Gasteiger partial charge on any atom is 0.264 e. The zero-order valence-corrected chi connectivity index (χ0v) is 15.9. The van der Waals surface area contributed by atoms with Crippen LogP contribution in [0.4, 0.5) is 0 Å². The van der Waals surface area contributed by atoms with E-state index < -0.39 is 0 Å². The molecule has 1 atom stereocenters. The van der Waals surface area contributed by atoms with Gasteiger partial charge in [0, 0.05) is 32.7 Å². The average molecular weight is 364 g/mol. The molecule has 5 nitrogen and oxygen atoms in total. The van der Waals surface area contributed by atoms with Gasteiger partial charge in [0.05, 0.1) is 10.9 Å². The molecule has 2 amide bonds. The Morgan fingerprint density at radius 2 is 1.96 bits per heavy atom. The molecule has 0 bridgehead atoms. The molecule has 1 aromatic heterocycles. The molecule has 1 saturated heterocycles. The fourth-order valence-electron chi connectivity index (χ4n) is 4.06. The first kappa shape index (κ1) is 18.4. The summed E-state index contributed by atoms with van der Waals surface area (Å²) in [7, 11) is 0. The molecule has 6 heteroatoms. The van der Waals surface area contributed by atoms with E-state index in [1.807, 2.05) is 22.4 Å². The number of piperazine rings is 1. The van der Waals surface area contributed by atoms with Gasteiger partial charge < -0.3 is 10.2 Å². The number of nitrogens with one attached hydrogen (secondary N) is 1. The van der Waals surface area contributed by atoms with E-state index in [2.05, 4.69) is 17.1 Å². The Morgan fingerprint density at radius 1 is 1.24 bits per heavy atom. The van der Waals surface area contributed by atoms with Crippen molar-refractivity contribution in [3.8, 4) is 0 Å². The van der Waals surface area contributed by atoms with Crippen LogP contribution < -0.4 is 5.32 Å². The molecule has 1 N–H and O–H groups in total. The summed E-state index contributed by atoms with van der Waals surface area (Å²) in [5, 5.41) is 5.05. The Morgan fingerprint density at radius 3 is 2.56 bits per heavy atom. The molecule has 2 heterocycles. The summed E-state index contributed by atoms with van der Waals surface area (Å²) >= 11 is 1.50. The molecule has 2 fully saturated rings. The molecular weight excluding hydrogens is 334 g/mol. The predicted octanol–water partition coefficient (Wildman–Crippen LogP) is 2.59. The monoisotopic (exact) mass is 363 g/mol. The van der Waals surface area contributed by atoms with Crippen LogP contribution in [0.15, 0.2) is 17.5 Å². The van der Waals surface area contributed by atoms with Gasteiger partial charge in [0.2, 0.25) is 5.91 Å². The molecule has 2 aliphatic rings. The number of thiophene rings is 1. The van der Waals surface area contributed by atoms with Crippen molar-refractivity contribution in [3.05, 3.63) is 22.4 Å². The smallest absolute Gasteiger partial charge is 0.264 e. The molecule has 25 heavy (non-hydrogen) atoms. The minimum absolute atomic E-state index is 0.0203. The topological polar surface area (TPSA) is 52.7 Å². The second-order valence-electron chi connectivity index (χ2n) is 7.09. The quantitative estimate of drug-likeness (QED) is 0.845. The van der Waals surface area contributed by atoms with Crippen LogP contribution in [0.2, 0.25) is 0 Å². The normalized spacial score (nSPS) is 20.6. The van der Waals surface area contributed by atoms with Crippen molar-refractivity contribution in [2.45, 2.75) is 45.1 Å². The third-order valence-corrected chi connectivity index (χ3v) is 6.25. The Labute approximate surface area is 154 Å². The molecule has 138 valence electrons. The Hall–Kier alpha value is -1.40. The van der Waals surface area contributed by atoms with Crippen molar-refractivity contribution in [1.29, 1.82) is 0 Å². The summed E-state index contributed by atoms with van der Waals surface area (Å²) in [5.41, 5.74) is 0. The van der Waals surface area contributed by atoms with Gasteiger partial charge in [-0.2, -0.15) is 0 Å². The maximum absolute atomic E-state index is 12.8. The lowest BCUT2D eigenvalue weighted by atomic mass is 9.95. The Kier molecular flexibility index (Phi) is 6.48. The highest BCUT2D eigenvalue weighted by Gasteiger charge is 2.37. The van der Waals surface area contributed by atoms with E-state index in [4.69, 9.17) is 0 Å². The number of carbonyl (C=O) groups is 2. The van der Waals surface area contributed by atoms with E-state index in [-0.39, 0.29) is 17.9 Å². The molecule has 0 spiro atoms. The predicted molar refractivity (Wildman–Crippen MR) is 101 cm³/mol. The van der Waals surface area contributed by atoms with Crippen molar-refractivity contribution < 1.29 is 9.59 Å². The van der Waals surface area contributed by atoms with E-state index in [0.29, 0.717) is 19.0 Å². The lowest BCUT2D eigenvalue weighted by molar-refractivity contribution is -0.129. The van der Waals surface area contributed by atoms with Gasteiger partial charge in [0.25, 0.3) is 5.91 Å². The highest BCUT2D eigenvalue weighted by atomic mass is 32.1. The van der Waals surface area contributed by atoms with Gasteiger partial charge in [-0.3, -0.25) is 14.5 Å². The summed E-state index contributed by atoms with van der Waals surface area (Å²) in [5.74, 6) is 0.783. The molecule has 0 radical (unpaired) electrons. The van der Waals surface area contributed by atoms with Crippen molar-refractivity contribution in [1.82, 2.24) is 15.1 Å². The van der Waals surface area contributed by atoms with Crippen molar-refractivity contribution in [3.63, 3.8) is 0 Å². The minimum atomic E-state index is -0.0203. The second-order valence-corrected chi connectivity index (χ2v) is 8.03. The first-order valence-corrected chi connectivity index (χ1v) is 10.4. The zero-order chi connectivity index (χ0) is 17.6. The Balaban J connectivity index is 1.61. The highest BCUT2D eigenvalue weighted by molar-refractivity contribution is 7.12. The van der Waals surface area contributed by atoms with Crippen LogP contribution in [0.5, 0.6) is 0 Å². The summed E-state index contributed by atoms with van der Waals surface area (Å²) < 4.78 is 0. The summed E-state index contributed by atoms with van der Waals surface area (Å²) in [6, 6.07) is 3.79. The van der Waals surface area contributed by atoms with Gasteiger partial charge in [-0.25, -0.2) is 0 Å². The minimum Gasteiger partial charge on any atom is -0.355 e. The molecule has 1 aliphatic heterocycles. The number of amides is 2. The van der Waals surface area contributed by atoms with Gasteiger partial charge in [-0.15, -0.1) is 11.3 Å². The van der Waals surface area contributed by atoms with Gasteiger partial charge in [0.1, 0.15) is 0 Å². The number of hydrogen-bond donors (Lipinski definition) is 1. The second kappa shape index (κ2) is 8.81. The van der Waals surface area contributed by atoms with E-state index in [1.165, 1.54) is 24.2 Å². The van der Waals surface area contributed by atoms with Gasteiger partial charge in [0.15, 0.2) is 0 Å². The average Bonchev–Trinajstić information content (AvgIpc) is 3.34. The summed E-state index contributed by atoms with van der Waals surface area (Å²) in [6.45, 7) is 5.83. The third-order valence-electron chi connectivity index (χ3n) is 5.39. The van der Waals surface area contributed by atoms with Crippen LogP contribution in [0, 0.1) is 5.92 Å². The van der Waals surface area contributed by atoms with E-state index in [9.17, 15) is 9.59 Å². The first-order chi connectivity index (χ1) is 12.2. The molecule has 3 rings (SSSR count). The Bertz CT molecular complexity index is 561. The van der Waals surface area contributed by atoms with Crippen molar-refractivity contribution in [2.24, 2.45) is 5.92 Å². The zero-order valence-electron chi connectivity index (χ0n) is 15.1. The molecular formula is C19H29N3O2S. The molecule has 0 aromatic carbocycles. The lowest BCUT2D eigenvalue weighted by Gasteiger charge is -2.40. The third kappa shape index (κ3) is 4.42. The molecule has 0 unspecified atom stereocenters. The summed E-state index contributed by atoms with van der Waals surface area (Å²) in [4.78, 5) is 30.3. The first-order valence-electron chi connectivity index (χ1n) is 9.55. The standard InChI is InChI=1S/C19H29N3O2S/c1-2-9-20-18(23)17(15-6-3-4-7-15)21-10-12-22(13-11-21)19(24)16-8-5-14-25-16/h5,8,14-15,17H,2-4,6-7,9-13H2,1H3,(H,20,23)/t17-/m0/s1. The van der Waals surface area contributed by atoms with Crippen molar-refractivity contribution in [2.75, 3.05) is 32.7 Å². The van der Waals surface area contributed by atoms with E-state index in [1.54, 1.807) is 0 Å². The largest absolute Gasteiger partial charge is 0.355 e. The van der Waals surface area contributed by atoms with Crippen LogP contribution in [0.25, 0.3) is 0 Å². The SMILES string of the molecule is CCCNC(=O)[C@H](C1CCCC1)N1CCN(C(=O)c2cccs2)CC1. The van der Waals surface area contributed by atoms with Crippen LogP contribution in [-0.4, -0.2) is 60.4 Å². The fourth-order valence-corrected chi connectivity index (χ4v) is 4.75. The van der Waals surface area contributed by atoms with Crippen LogP contribution in [0.3, 0.4) is 0 Å². The number of hydrogen-bond acceptors (Lipinski definition) is 4. The number of rotatable bonds is 6. The van der Waals surface area contributed by atoms with Crippen LogP contribution >= 0.6 is 11.3 Å². The highest BCUT2D eigenvalue weighted by Crippen LogP contribution is 2.31. The van der Waals surface area contributed by atoms with Crippen LogP contribution in [-0.2, 0) is 4.79 Å². The maximum atomic E-state index is 12.8. The lowest BCUT2D eigenvalue weighted by Crippen LogP contribution is -2.58. The molecule has 1 saturated carbocycles. The fraction of sp³-hybridized carbons (Fsp3) is 0.684.